The Labute approximate surface area is 143 Å². The van der Waals surface area contributed by atoms with Crippen LogP contribution in [0.5, 0.6) is 0 Å². The minimum Gasteiger partial charge on any atom is -0.296 e. The van der Waals surface area contributed by atoms with E-state index in [4.69, 9.17) is 0 Å². The summed E-state index contributed by atoms with van der Waals surface area (Å²) in [4.78, 5) is 18.9. The summed E-state index contributed by atoms with van der Waals surface area (Å²) in [5.74, 6) is 0. The Morgan fingerprint density at radius 2 is 1.71 bits per heavy atom. The van der Waals surface area contributed by atoms with E-state index >= 15 is 0 Å². The molecule has 1 N–H and O–H groups in total. The van der Waals surface area contributed by atoms with Gasteiger partial charge in [-0.1, -0.05) is 42.1 Å². The third-order valence-electron chi connectivity index (χ3n) is 3.77. The van der Waals surface area contributed by atoms with E-state index in [1.807, 2.05) is 31.3 Å². The lowest BCUT2D eigenvalue weighted by atomic mass is 10.1. The third kappa shape index (κ3) is 2.74. The largest absolute Gasteiger partial charge is 0.296 e. The molecule has 2 heterocycles. The molecule has 118 valence electrons. The normalized spacial score (nSPS) is 11.0. The number of nitrogens with one attached hydrogen (secondary N) is 1. The number of rotatable bonds is 3. The van der Waals surface area contributed by atoms with Crippen LogP contribution >= 0.6 is 11.8 Å². The number of nitrogens with zero attached hydrogens (tertiary/aromatic N) is 2. The van der Waals surface area contributed by atoms with Gasteiger partial charge in [0.15, 0.2) is 5.65 Å². The summed E-state index contributed by atoms with van der Waals surface area (Å²) in [6.45, 7) is 1.83. The molecule has 5 heteroatoms. The van der Waals surface area contributed by atoms with Gasteiger partial charge in [-0.25, -0.2) is 9.50 Å². The average molecular weight is 333 g/mol. The van der Waals surface area contributed by atoms with Crippen LogP contribution in [-0.4, -0.2) is 14.6 Å². The number of hydrogen-bond acceptors (Lipinski definition) is 3. The van der Waals surface area contributed by atoms with Crippen LogP contribution < -0.4 is 5.56 Å². The zero-order chi connectivity index (χ0) is 16.5. The molecule has 0 radical (unpaired) electrons. The lowest BCUT2D eigenvalue weighted by Gasteiger charge is -2.04. The fourth-order valence-corrected chi connectivity index (χ4v) is 3.47. The highest BCUT2D eigenvalue weighted by atomic mass is 32.2. The van der Waals surface area contributed by atoms with Crippen LogP contribution in [0.25, 0.3) is 16.8 Å². The smallest absolute Gasteiger partial charge is 0.272 e. The Hall–Kier alpha value is -2.79. The van der Waals surface area contributed by atoms with E-state index in [0.717, 1.165) is 16.8 Å². The molecular weight excluding hydrogens is 318 g/mol. The van der Waals surface area contributed by atoms with E-state index in [9.17, 15) is 4.79 Å². The highest BCUT2D eigenvalue weighted by Gasteiger charge is 2.09. The van der Waals surface area contributed by atoms with Crippen molar-refractivity contribution in [1.82, 2.24) is 14.6 Å². The predicted octanol–water partition coefficient (Wildman–Crippen LogP) is 4.15. The molecule has 4 rings (SSSR count). The molecule has 4 aromatic rings. The van der Waals surface area contributed by atoms with Crippen LogP contribution in [0.1, 0.15) is 5.69 Å². The minimum absolute atomic E-state index is 0.0972. The highest BCUT2D eigenvalue weighted by Crippen LogP contribution is 2.30. The van der Waals surface area contributed by atoms with E-state index in [-0.39, 0.29) is 5.56 Å². The van der Waals surface area contributed by atoms with Gasteiger partial charge >= 0.3 is 0 Å². The van der Waals surface area contributed by atoms with Crippen LogP contribution in [0.4, 0.5) is 0 Å². The van der Waals surface area contributed by atoms with Crippen molar-refractivity contribution in [2.24, 2.45) is 0 Å². The van der Waals surface area contributed by atoms with Crippen LogP contribution in [0.2, 0.25) is 0 Å². The molecule has 0 fully saturated rings. The fourth-order valence-electron chi connectivity index (χ4n) is 2.64. The van der Waals surface area contributed by atoms with Gasteiger partial charge in [-0.2, -0.15) is 0 Å². The molecule has 2 aromatic carbocycles. The van der Waals surface area contributed by atoms with Crippen LogP contribution in [0.15, 0.2) is 81.4 Å². The third-order valence-corrected chi connectivity index (χ3v) is 4.79. The molecule has 0 aliphatic heterocycles. The number of aryl methyl sites for hydroxylation is 1. The van der Waals surface area contributed by atoms with Gasteiger partial charge in [0.2, 0.25) is 0 Å². The second-order valence-electron chi connectivity index (χ2n) is 5.52. The molecular formula is C19H15N3OS. The first kappa shape index (κ1) is 14.8. The maximum Gasteiger partial charge on any atom is 0.272 e. The number of benzene rings is 2. The first-order chi connectivity index (χ1) is 11.7. The molecule has 24 heavy (non-hydrogen) atoms. The lowest BCUT2D eigenvalue weighted by Crippen LogP contribution is -2.14. The van der Waals surface area contributed by atoms with Gasteiger partial charge in [0.25, 0.3) is 5.56 Å². The van der Waals surface area contributed by atoms with E-state index in [1.54, 1.807) is 11.8 Å². The van der Waals surface area contributed by atoms with E-state index < -0.39 is 0 Å². The maximum absolute atomic E-state index is 12.0. The van der Waals surface area contributed by atoms with Crippen molar-refractivity contribution in [3.63, 3.8) is 0 Å². The Morgan fingerprint density at radius 1 is 1.00 bits per heavy atom. The Morgan fingerprint density at radius 3 is 2.46 bits per heavy atom. The van der Waals surface area contributed by atoms with Gasteiger partial charge < -0.3 is 0 Å². The summed E-state index contributed by atoms with van der Waals surface area (Å²) in [5, 5.41) is 2.97. The first-order valence-corrected chi connectivity index (χ1v) is 8.43. The summed E-state index contributed by atoms with van der Waals surface area (Å²) in [6.07, 6.45) is 1.82. The highest BCUT2D eigenvalue weighted by molar-refractivity contribution is 7.99. The first-order valence-electron chi connectivity index (χ1n) is 7.62. The summed E-state index contributed by atoms with van der Waals surface area (Å²) in [7, 11) is 0. The molecule has 0 bridgehead atoms. The minimum atomic E-state index is -0.0972. The van der Waals surface area contributed by atoms with Crippen molar-refractivity contribution in [2.45, 2.75) is 16.7 Å². The van der Waals surface area contributed by atoms with Crippen LogP contribution in [0.3, 0.4) is 0 Å². The molecule has 0 atom stereocenters. The van der Waals surface area contributed by atoms with E-state index in [0.29, 0.717) is 5.65 Å². The topological polar surface area (TPSA) is 50.2 Å². The zero-order valence-corrected chi connectivity index (χ0v) is 13.9. The Kier molecular flexibility index (Phi) is 3.70. The molecule has 0 spiro atoms. The van der Waals surface area contributed by atoms with E-state index in [2.05, 4.69) is 46.5 Å². The molecule has 0 aliphatic carbocycles. The standard InChI is InChI=1S/C19H15N3OS/c1-13-11-18(23)22-19(21-13)17(12-20-22)14-7-9-16(10-8-14)24-15-5-3-2-4-6-15/h2-12,20H,1H3. The van der Waals surface area contributed by atoms with Crippen molar-refractivity contribution >= 4 is 17.4 Å². The lowest BCUT2D eigenvalue weighted by molar-refractivity contribution is 0.890. The number of hydrogen-bond donors (Lipinski definition) is 1. The Balaban J connectivity index is 1.69. The zero-order valence-electron chi connectivity index (χ0n) is 13.1. The van der Waals surface area contributed by atoms with Crippen molar-refractivity contribution < 1.29 is 0 Å². The molecule has 0 amide bonds. The second kappa shape index (κ2) is 6.02. The van der Waals surface area contributed by atoms with Gasteiger partial charge in [-0.15, -0.1) is 0 Å². The molecule has 4 nitrogen and oxygen atoms in total. The molecule has 0 unspecified atom stereocenters. The van der Waals surface area contributed by atoms with E-state index in [1.165, 1.54) is 20.4 Å². The van der Waals surface area contributed by atoms with Crippen molar-refractivity contribution in [3.05, 3.63) is 82.9 Å². The van der Waals surface area contributed by atoms with Crippen molar-refractivity contribution in [3.8, 4) is 11.1 Å². The van der Waals surface area contributed by atoms with Gasteiger partial charge in [-0.3, -0.25) is 9.89 Å². The number of aromatic nitrogens is 3. The number of fused-ring (bicyclic) bond motifs is 1. The monoisotopic (exact) mass is 333 g/mol. The van der Waals surface area contributed by atoms with Crippen molar-refractivity contribution in [1.29, 1.82) is 0 Å². The summed E-state index contributed by atoms with van der Waals surface area (Å²) in [6, 6.07) is 20.1. The number of H-pyrrole nitrogens is 1. The molecule has 0 saturated heterocycles. The average Bonchev–Trinajstić information content (AvgIpc) is 3.01. The summed E-state index contributed by atoms with van der Waals surface area (Å²) < 4.78 is 1.47. The van der Waals surface area contributed by atoms with Crippen LogP contribution in [-0.2, 0) is 0 Å². The molecule has 0 aliphatic rings. The summed E-state index contributed by atoms with van der Waals surface area (Å²) >= 11 is 1.72. The van der Waals surface area contributed by atoms with Crippen molar-refractivity contribution in [2.75, 3.05) is 0 Å². The van der Waals surface area contributed by atoms with Gasteiger partial charge in [0.05, 0.1) is 0 Å². The fraction of sp³-hybridized carbons (Fsp3) is 0.0526. The Bertz CT molecular complexity index is 1050. The van der Waals surface area contributed by atoms with Gasteiger partial charge in [0, 0.05) is 33.3 Å². The molecule has 2 aromatic heterocycles. The van der Waals surface area contributed by atoms with Gasteiger partial charge in [-0.05, 0) is 36.8 Å². The van der Waals surface area contributed by atoms with Crippen LogP contribution in [0, 0.1) is 6.92 Å². The maximum atomic E-state index is 12.0. The summed E-state index contributed by atoms with van der Waals surface area (Å²) in [5.41, 5.74) is 3.23. The second-order valence-corrected chi connectivity index (χ2v) is 6.67. The SMILES string of the molecule is Cc1cc(=O)n2[nH]cc(-c3ccc(Sc4ccccc4)cc3)c2n1. The molecule has 0 saturated carbocycles. The predicted molar refractivity (Wildman–Crippen MR) is 96.6 cm³/mol. The number of aromatic amines is 1. The van der Waals surface area contributed by atoms with Gasteiger partial charge in [0.1, 0.15) is 0 Å². The quantitative estimate of drug-likeness (QED) is 0.613.